The van der Waals surface area contributed by atoms with Gasteiger partial charge in [0.2, 0.25) is 0 Å². The molecule has 0 bridgehead atoms. The van der Waals surface area contributed by atoms with E-state index in [1.807, 2.05) is 27.7 Å². The quantitative estimate of drug-likeness (QED) is 0.234. The largest absolute Gasteiger partial charge is 0.377 e. The molecule has 2 saturated carbocycles. The number of hydrogen-bond donors (Lipinski definition) is 0. The number of halogens is 4. The lowest BCUT2D eigenvalue weighted by Crippen LogP contribution is -2.36. The zero-order valence-electron chi connectivity index (χ0n) is 49.4. The molecule has 7 atom stereocenters. The molecule has 7 saturated heterocycles. The molecule has 0 N–H and O–H groups in total. The van der Waals surface area contributed by atoms with Crippen LogP contribution < -0.4 is 0 Å². The van der Waals surface area contributed by atoms with E-state index >= 15 is 0 Å². The second-order valence-corrected chi connectivity index (χ2v) is 27.1. The van der Waals surface area contributed by atoms with Crippen LogP contribution in [0.15, 0.2) is 0 Å². The van der Waals surface area contributed by atoms with Gasteiger partial charge in [-0.2, -0.15) is 0 Å². The molecule has 0 radical (unpaired) electrons. The van der Waals surface area contributed by atoms with E-state index < -0.39 is 25.1 Å². The summed E-state index contributed by atoms with van der Waals surface area (Å²) in [6.07, 6.45) is 16.8. The molecule has 0 amide bonds. The van der Waals surface area contributed by atoms with Gasteiger partial charge >= 0.3 is 0 Å². The summed E-state index contributed by atoms with van der Waals surface area (Å²) in [7, 11) is 0. The highest BCUT2D eigenvalue weighted by Gasteiger charge is 2.50. The van der Waals surface area contributed by atoms with Gasteiger partial charge < -0.3 is 37.9 Å². The molecule has 2 spiro atoms. The second kappa shape index (κ2) is 29.4. The summed E-state index contributed by atoms with van der Waals surface area (Å²) < 4.78 is 93.4. The van der Waals surface area contributed by atoms with Gasteiger partial charge in [0.25, 0.3) is 11.8 Å². The molecule has 7 unspecified atom stereocenters. The lowest BCUT2D eigenvalue weighted by atomic mass is 9.81. The highest BCUT2D eigenvalue weighted by atomic mass is 19.3. The summed E-state index contributed by atoms with van der Waals surface area (Å²) >= 11 is 0. The first kappa shape index (κ1) is 65.7. The maximum atomic E-state index is 12.5. The third kappa shape index (κ3) is 24.8. The average Bonchev–Trinajstić information content (AvgIpc) is 4.08. The Labute approximate surface area is 439 Å². The van der Waals surface area contributed by atoms with E-state index in [4.69, 9.17) is 37.9 Å². The van der Waals surface area contributed by atoms with Crippen molar-refractivity contribution >= 4 is 0 Å². The predicted molar refractivity (Wildman–Crippen MR) is 285 cm³/mol. The van der Waals surface area contributed by atoms with Crippen LogP contribution in [0.3, 0.4) is 0 Å². The minimum Gasteiger partial charge on any atom is -0.377 e. The summed E-state index contributed by atoms with van der Waals surface area (Å²) in [5, 5.41) is 0. The van der Waals surface area contributed by atoms with Crippen molar-refractivity contribution in [3.8, 4) is 0 Å². The van der Waals surface area contributed by atoms with Crippen molar-refractivity contribution < 1.29 is 55.5 Å². The first-order valence-corrected chi connectivity index (χ1v) is 29.0. The smallest absolute Gasteiger partial charge is 0.273 e. The number of rotatable bonds is 7. The second-order valence-electron chi connectivity index (χ2n) is 27.1. The van der Waals surface area contributed by atoms with E-state index in [1.54, 1.807) is 0 Å². The Hall–Kier alpha value is -0.600. The van der Waals surface area contributed by atoms with Crippen LogP contribution in [0, 0.1) is 58.2 Å². The predicted octanol–water partition coefficient (Wildman–Crippen LogP) is 15.8. The highest BCUT2D eigenvalue weighted by Crippen LogP contribution is 2.55. The van der Waals surface area contributed by atoms with E-state index in [-0.39, 0.29) is 42.2 Å². The first-order chi connectivity index (χ1) is 33.3. The van der Waals surface area contributed by atoms with E-state index in [1.165, 1.54) is 70.6 Å². The molecule has 72 heavy (non-hydrogen) atoms. The van der Waals surface area contributed by atoms with E-state index in [0.717, 1.165) is 57.4 Å². The van der Waals surface area contributed by atoms with Crippen LogP contribution in [0.2, 0.25) is 0 Å². The zero-order valence-corrected chi connectivity index (χ0v) is 49.4. The molecule has 2 aliphatic carbocycles. The SMILES string of the molecule is CC(C)C1CC(F)(F)CO1.CC(C)C1CC2(CC2)CO1.CC(C)C1CCC(C)(C)O1.CC(C)C1CCC(F)(F)CO1.CC(C)C1CCC2(CC2)CO1.CC(C)C1CCOC(C)(C)C1.CC(C)C1COCCO1. The highest BCUT2D eigenvalue weighted by molar-refractivity contribution is 4.99. The molecule has 0 aromatic carbocycles. The number of ether oxygens (including phenoxy) is 8. The van der Waals surface area contributed by atoms with Crippen molar-refractivity contribution in [3.05, 3.63) is 0 Å². The fraction of sp³-hybridized carbons (Fsp3) is 1.00. The van der Waals surface area contributed by atoms with E-state index in [9.17, 15) is 17.6 Å². The Bertz CT molecular complexity index is 1370. The van der Waals surface area contributed by atoms with E-state index in [2.05, 4.69) is 96.9 Å². The van der Waals surface area contributed by atoms with Crippen molar-refractivity contribution in [1.82, 2.24) is 0 Å². The summed E-state index contributed by atoms with van der Waals surface area (Å²) in [5.74, 6) is -0.199. The monoisotopic (exact) mass is 1040 g/mol. The van der Waals surface area contributed by atoms with Gasteiger partial charge in [0.15, 0.2) is 0 Å². The zero-order chi connectivity index (χ0) is 54.3. The number of hydrogen-bond acceptors (Lipinski definition) is 8. The Morgan fingerprint density at radius 1 is 0.361 bits per heavy atom. The van der Waals surface area contributed by atoms with Crippen LogP contribution in [-0.4, -0.2) is 113 Å². The maximum absolute atomic E-state index is 12.5. The van der Waals surface area contributed by atoms with Gasteiger partial charge in [-0.25, -0.2) is 17.6 Å². The standard InChI is InChI=1S/C10H18O.C10H20O.C9H16O.C9H18O.C8H14F2O.C7H12F2O.C7H14O2/c1-8(2)9-3-4-10(5-6-10)7-11-9;1-8(2)9-5-6-11-10(3,4)7-9;1-7(2)8-5-9(3-4-9)6-10-8;1-7(2)8-5-6-9(3,4)10-8;1-6(2)7-3-4-8(9,10)5-11-7;1-5(2)6-3-7(8,9)4-10-6;1-6(2)7-5-8-3-4-9-7/h8-9H,3-7H2,1-2H3;8-9H,5-7H2,1-4H3;7-8H,3-6H2,1-2H3;7-8H,5-6H2,1-4H3;6-7H,3-5H2,1-2H3;5-6H,3-4H2,1-2H3;6-7H,3-5H2,1-2H3. The number of alkyl halides is 4. The van der Waals surface area contributed by atoms with Crippen LogP contribution in [0.4, 0.5) is 17.6 Å². The Morgan fingerprint density at radius 2 is 0.819 bits per heavy atom. The fourth-order valence-electron chi connectivity index (χ4n) is 10.3. The lowest BCUT2D eigenvalue weighted by Gasteiger charge is -2.37. The summed E-state index contributed by atoms with van der Waals surface area (Å²) in [6.45, 7) is 43.5. The summed E-state index contributed by atoms with van der Waals surface area (Å²) in [6, 6.07) is 0. The van der Waals surface area contributed by atoms with Crippen LogP contribution in [0.25, 0.3) is 0 Å². The topological polar surface area (TPSA) is 73.8 Å². The fourth-order valence-corrected chi connectivity index (χ4v) is 10.3. The molecular formula is C60H112F4O8. The molecule has 0 aromatic heterocycles. The molecule has 9 fully saturated rings. The van der Waals surface area contributed by atoms with Crippen LogP contribution in [0.5, 0.6) is 0 Å². The molecular weight excluding hydrogens is 925 g/mol. The Kier molecular flexibility index (Phi) is 26.8. The average molecular weight is 1040 g/mol. The molecule has 7 heterocycles. The minimum absolute atomic E-state index is 0.0180. The van der Waals surface area contributed by atoms with Crippen molar-refractivity contribution in [1.29, 1.82) is 0 Å². The van der Waals surface area contributed by atoms with Crippen molar-refractivity contribution in [2.24, 2.45) is 58.2 Å². The first-order valence-electron chi connectivity index (χ1n) is 29.0. The maximum Gasteiger partial charge on any atom is 0.273 e. The molecule has 9 aliphatic rings. The Morgan fingerprint density at radius 3 is 1.11 bits per heavy atom. The van der Waals surface area contributed by atoms with Gasteiger partial charge in [-0.1, -0.05) is 96.9 Å². The summed E-state index contributed by atoms with van der Waals surface area (Å²) in [5.41, 5.74) is 1.63. The van der Waals surface area contributed by atoms with Gasteiger partial charge in [-0.3, -0.25) is 0 Å². The third-order valence-electron chi connectivity index (χ3n) is 16.5. The van der Waals surface area contributed by atoms with Crippen molar-refractivity contribution in [2.75, 3.05) is 52.9 Å². The Balaban J connectivity index is 0.000000222. The summed E-state index contributed by atoms with van der Waals surface area (Å²) in [4.78, 5) is 0. The van der Waals surface area contributed by atoms with Gasteiger partial charge in [0, 0.05) is 19.4 Å². The molecule has 7 aliphatic heterocycles. The molecule has 8 nitrogen and oxygen atoms in total. The van der Waals surface area contributed by atoms with Crippen LogP contribution >= 0.6 is 0 Å². The lowest BCUT2D eigenvalue weighted by molar-refractivity contribution is -0.153. The van der Waals surface area contributed by atoms with Gasteiger partial charge in [-0.05, 0) is 163 Å². The van der Waals surface area contributed by atoms with Crippen molar-refractivity contribution in [2.45, 2.75) is 274 Å². The molecule has 428 valence electrons. The van der Waals surface area contributed by atoms with Crippen molar-refractivity contribution in [3.63, 3.8) is 0 Å². The molecule has 0 aromatic rings. The van der Waals surface area contributed by atoms with Gasteiger partial charge in [-0.15, -0.1) is 0 Å². The van der Waals surface area contributed by atoms with E-state index in [0.29, 0.717) is 65.3 Å². The van der Waals surface area contributed by atoms with Gasteiger partial charge in [0.1, 0.15) is 13.2 Å². The molecule has 12 heteroatoms. The third-order valence-corrected chi connectivity index (χ3v) is 16.5. The van der Waals surface area contributed by atoms with Crippen LogP contribution in [-0.2, 0) is 37.9 Å². The van der Waals surface area contributed by atoms with Gasteiger partial charge in [0.05, 0.1) is 80.9 Å². The van der Waals surface area contributed by atoms with Crippen LogP contribution in [0.1, 0.15) is 215 Å². The normalized spacial score (nSPS) is 32.0. The molecule has 9 rings (SSSR count). The minimum atomic E-state index is -2.58.